The van der Waals surface area contributed by atoms with Crippen LogP contribution in [0.1, 0.15) is 22.9 Å². The minimum absolute atomic E-state index is 0.0824. The average molecular weight is 354 g/mol. The van der Waals surface area contributed by atoms with Gasteiger partial charge in [0.25, 0.3) is 0 Å². The van der Waals surface area contributed by atoms with E-state index in [1.807, 2.05) is 13.8 Å². The van der Waals surface area contributed by atoms with Crippen molar-refractivity contribution < 1.29 is 8.78 Å². The van der Waals surface area contributed by atoms with Crippen LogP contribution in [0.2, 0.25) is 5.02 Å². The molecule has 0 aliphatic carbocycles. The molecule has 0 amide bonds. The van der Waals surface area contributed by atoms with E-state index in [0.717, 1.165) is 16.0 Å². The van der Waals surface area contributed by atoms with Gasteiger partial charge >= 0.3 is 0 Å². The number of hydrogen-bond acceptors (Lipinski definition) is 3. The minimum atomic E-state index is -0.600. The van der Waals surface area contributed by atoms with Crippen LogP contribution in [-0.2, 0) is 6.42 Å². The fourth-order valence-electron chi connectivity index (χ4n) is 2.37. The first-order valence-corrected chi connectivity index (χ1v) is 8.25. The van der Waals surface area contributed by atoms with Gasteiger partial charge in [0.15, 0.2) is 0 Å². The zero-order valence-corrected chi connectivity index (χ0v) is 14.1. The maximum absolute atomic E-state index is 14.0. The maximum Gasteiger partial charge on any atom is 0.135 e. The first kappa shape index (κ1) is 16.1. The van der Waals surface area contributed by atoms with Gasteiger partial charge < -0.3 is 0 Å². The van der Waals surface area contributed by atoms with Crippen molar-refractivity contribution in [2.24, 2.45) is 0 Å². The Morgan fingerprint density at radius 3 is 2.78 bits per heavy atom. The third-order valence-corrected chi connectivity index (χ3v) is 4.71. The normalized spacial score (nSPS) is 12.6. The van der Waals surface area contributed by atoms with Crippen LogP contribution >= 0.6 is 22.9 Å². The van der Waals surface area contributed by atoms with Gasteiger partial charge in [0, 0.05) is 29.1 Å². The molecule has 2 heterocycles. The molecule has 3 rings (SSSR count). The van der Waals surface area contributed by atoms with E-state index < -0.39 is 11.6 Å². The molecule has 0 saturated heterocycles. The molecular formula is C16H14ClF2N3S. The molecule has 0 aliphatic heterocycles. The Hall–Kier alpha value is -1.79. The summed E-state index contributed by atoms with van der Waals surface area (Å²) < 4.78 is 28.8. The lowest BCUT2D eigenvalue weighted by molar-refractivity contribution is 0.488. The van der Waals surface area contributed by atoms with E-state index in [-0.39, 0.29) is 6.04 Å². The largest absolute Gasteiger partial charge is 0.268 e. The molecule has 0 radical (unpaired) electrons. The summed E-state index contributed by atoms with van der Waals surface area (Å²) in [5.41, 5.74) is 0.884. The van der Waals surface area contributed by atoms with E-state index in [1.165, 1.54) is 23.5 Å². The van der Waals surface area contributed by atoms with Gasteiger partial charge in [-0.05, 0) is 26.0 Å². The number of hydrogen-bond donors (Lipinski definition) is 0. The molecule has 3 nitrogen and oxygen atoms in total. The molecule has 1 unspecified atom stereocenters. The van der Waals surface area contributed by atoms with Crippen LogP contribution in [-0.4, -0.2) is 14.8 Å². The molecular weight excluding hydrogens is 340 g/mol. The summed E-state index contributed by atoms with van der Waals surface area (Å²) >= 11 is 7.38. The molecule has 23 heavy (non-hydrogen) atoms. The molecule has 120 valence electrons. The summed E-state index contributed by atoms with van der Waals surface area (Å²) in [7, 11) is 0. The van der Waals surface area contributed by atoms with Crippen molar-refractivity contribution in [3.8, 4) is 11.3 Å². The summed E-state index contributed by atoms with van der Waals surface area (Å²) in [6.07, 6.45) is 4.00. The van der Waals surface area contributed by atoms with E-state index in [2.05, 4.69) is 10.1 Å². The molecule has 0 N–H and O–H groups in total. The first-order chi connectivity index (χ1) is 10.9. The van der Waals surface area contributed by atoms with Crippen molar-refractivity contribution in [3.63, 3.8) is 0 Å². The van der Waals surface area contributed by atoms with Crippen molar-refractivity contribution in [1.29, 1.82) is 0 Å². The van der Waals surface area contributed by atoms with Gasteiger partial charge in [-0.15, -0.1) is 11.3 Å². The Labute approximate surface area is 141 Å². The van der Waals surface area contributed by atoms with Gasteiger partial charge in [0.2, 0.25) is 0 Å². The molecule has 0 spiro atoms. The van der Waals surface area contributed by atoms with E-state index in [1.54, 1.807) is 17.1 Å². The number of aromatic nitrogens is 3. The van der Waals surface area contributed by atoms with Crippen molar-refractivity contribution in [3.05, 3.63) is 57.1 Å². The molecule has 0 bridgehead atoms. The molecule has 1 atom stereocenters. The number of benzene rings is 1. The van der Waals surface area contributed by atoms with Crippen molar-refractivity contribution in [1.82, 2.24) is 14.8 Å². The van der Waals surface area contributed by atoms with Gasteiger partial charge in [-0.1, -0.05) is 11.6 Å². The second-order valence-electron chi connectivity index (χ2n) is 5.33. The highest BCUT2D eigenvalue weighted by Crippen LogP contribution is 2.31. The molecule has 3 aromatic rings. The summed E-state index contributed by atoms with van der Waals surface area (Å²) in [5.74, 6) is -1.19. The van der Waals surface area contributed by atoms with Crippen molar-refractivity contribution >= 4 is 22.9 Å². The molecule has 2 aromatic heterocycles. The second kappa shape index (κ2) is 6.37. The Balaban J connectivity index is 1.86. The fourth-order valence-corrected chi connectivity index (χ4v) is 3.58. The SMILES string of the molecule is Cc1sc(CC(C)n2cc(Cl)cn2)nc1-c1ccc(F)cc1F. The molecule has 1 aromatic carbocycles. The van der Waals surface area contributed by atoms with Gasteiger partial charge in [-0.25, -0.2) is 13.8 Å². The predicted octanol–water partition coefficient (Wildman–Crippen LogP) is 5.05. The summed E-state index contributed by atoms with van der Waals surface area (Å²) in [6, 6.07) is 3.62. The van der Waals surface area contributed by atoms with Crippen LogP contribution < -0.4 is 0 Å². The number of rotatable bonds is 4. The second-order valence-corrected chi connectivity index (χ2v) is 7.05. The molecule has 0 aliphatic rings. The quantitative estimate of drug-likeness (QED) is 0.657. The topological polar surface area (TPSA) is 30.7 Å². The summed E-state index contributed by atoms with van der Waals surface area (Å²) in [6.45, 7) is 3.90. The number of thiazole rings is 1. The number of aryl methyl sites for hydroxylation is 1. The lowest BCUT2D eigenvalue weighted by atomic mass is 10.1. The third-order valence-electron chi connectivity index (χ3n) is 3.52. The van der Waals surface area contributed by atoms with E-state index in [4.69, 9.17) is 11.6 Å². The Bertz CT molecular complexity index is 844. The molecule has 0 fully saturated rings. The van der Waals surface area contributed by atoms with E-state index in [0.29, 0.717) is 22.7 Å². The fraction of sp³-hybridized carbons (Fsp3) is 0.250. The lowest BCUT2D eigenvalue weighted by Crippen LogP contribution is -2.08. The highest BCUT2D eigenvalue weighted by molar-refractivity contribution is 7.12. The lowest BCUT2D eigenvalue weighted by Gasteiger charge is -2.09. The van der Waals surface area contributed by atoms with Crippen LogP contribution in [0.25, 0.3) is 11.3 Å². The van der Waals surface area contributed by atoms with Crippen LogP contribution in [0.15, 0.2) is 30.6 Å². The highest BCUT2D eigenvalue weighted by Gasteiger charge is 2.16. The zero-order chi connectivity index (χ0) is 16.6. The van der Waals surface area contributed by atoms with Gasteiger partial charge in [0.1, 0.15) is 11.6 Å². The molecule has 0 saturated carbocycles. The predicted molar refractivity (Wildman–Crippen MR) is 87.9 cm³/mol. The molecule has 7 heteroatoms. The Morgan fingerprint density at radius 2 is 2.13 bits per heavy atom. The standard InChI is InChI=1S/C16H14ClF2N3S/c1-9(22-8-11(17)7-20-22)5-15-21-16(10(2)23-15)13-4-3-12(18)6-14(13)19/h3-4,6-9H,5H2,1-2H3. The van der Waals surface area contributed by atoms with Gasteiger partial charge in [-0.3, -0.25) is 4.68 Å². The Morgan fingerprint density at radius 1 is 1.35 bits per heavy atom. The number of nitrogens with zero attached hydrogens (tertiary/aromatic N) is 3. The maximum atomic E-state index is 14.0. The Kier molecular flexibility index (Phi) is 4.46. The van der Waals surface area contributed by atoms with E-state index >= 15 is 0 Å². The smallest absolute Gasteiger partial charge is 0.135 e. The van der Waals surface area contributed by atoms with Crippen LogP contribution in [0.3, 0.4) is 0 Å². The zero-order valence-electron chi connectivity index (χ0n) is 12.6. The van der Waals surface area contributed by atoms with Crippen molar-refractivity contribution in [2.45, 2.75) is 26.3 Å². The van der Waals surface area contributed by atoms with Crippen LogP contribution in [0.5, 0.6) is 0 Å². The number of halogens is 3. The summed E-state index contributed by atoms with van der Waals surface area (Å²) in [4.78, 5) is 5.42. The summed E-state index contributed by atoms with van der Waals surface area (Å²) in [5, 5.41) is 5.64. The highest BCUT2D eigenvalue weighted by atomic mass is 35.5. The van der Waals surface area contributed by atoms with Crippen molar-refractivity contribution in [2.75, 3.05) is 0 Å². The van der Waals surface area contributed by atoms with E-state index in [9.17, 15) is 8.78 Å². The van der Waals surface area contributed by atoms with Crippen LogP contribution in [0.4, 0.5) is 8.78 Å². The third kappa shape index (κ3) is 3.43. The van der Waals surface area contributed by atoms with Gasteiger partial charge in [-0.2, -0.15) is 5.10 Å². The first-order valence-electron chi connectivity index (χ1n) is 7.05. The minimum Gasteiger partial charge on any atom is -0.268 e. The van der Waals surface area contributed by atoms with Crippen LogP contribution in [0, 0.1) is 18.6 Å². The van der Waals surface area contributed by atoms with Gasteiger partial charge in [0.05, 0.1) is 28.0 Å². The average Bonchev–Trinajstić information content (AvgIpc) is 3.05. The monoisotopic (exact) mass is 353 g/mol.